The Labute approximate surface area is 163 Å². The summed E-state index contributed by atoms with van der Waals surface area (Å²) in [4.78, 5) is 1.27. The van der Waals surface area contributed by atoms with Crippen LogP contribution in [0.4, 0.5) is 5.69 Å². The highest BCUT2D eigenvalue weighted by Crippen LogP contribution is 2.36. The van der Waals surface area contributed by atoms with Gasteiger partial charge in [0.25, 0.3) is 0 Å². The molecule has 3 aromatic rings. The molecule has 3 nitrogen and oxygen atoms in total. The summed E-state index contributed by atoms with van der Waals surface area (Å²) in [5.41, 5.74) is 9.97. The van der Waals surface area contributed by atoms with Crippen molar-refractivity contribution in [1.82, 2.24) is 0 Å². The number of nitrogens with one attached hydrogen (secondary N) is 1. The van der Waals surface area contributed by atoms with Crippen LogP contribution in [0, 0.1) is 0 Å². The van der Waals surface area contributed by atoms with Gasteiger partial charge >= 0.3 is 0 Å². The second-order valence-electron chi connectivity index (χ2n) is 6.60. The molecule has 0 spiro atoms. The van der Waals surface area contributed by atoms with Crippen molar-refractivity contribution in [2.24, 2.45) is 0 Å². The molecule has 1 aromatic heterocycles. The summed E-state index contributed by atoms with van der Waals surface area (Å²) in [6, 6.07) is 18.0. The first-order chi connectivity index (χ1) is 13.0. The summed E-state index contributed by atoms with van der Waals surface area (Å²) in [7, 11) is -3.29. The van der Waals surface area contributed by atoms with Crippen molar-refractivity contribution in [1.29, 1.82) is 0 Å². The Hall–Kier alpha value is -2.59. The Morgan fingerprint density at radius 3 is 2.70 bits per heavy atom. The number of aryl methyl sites for hydroxylation is 2. The monoisotopic (exact) mass is 393 g/mol. The molecule has 136 valence electrons. The lowest BCUT2D eigenvalue weighted by Crippen LogP contribution is -2.09. The van der Waals surface area contributed by atoms with Crippen molar-refractivity contribution < 1.29 is 8.42 Å². The molecule has 1 heterocycles. The number of hydrogen-bond donors (Lipinski definition) is 1. The SMILES string of the molecule is CS(=O)(=O)Nc1cccc(C=C=C2c3ccccc3CCc3ccsc32)c1. The fourth-order valence-corrected chi connectivity index (χ4v) is 4.86. The lowest BCUT2D eigenvalue weighted by Gasteiger charge is -2.07. The van der Waals surface area contributed by atoms with Crippen molar-refractivity contribution in [3.05, 3.63) is 92.8 Å². The molecule has 0 atom stereocenters. The molecule has 0 saturated carbocycles. The van der Waals surface area contributed by atoms with E-state index in [1.54, 1.807) is 17.4 Å². The van der Waals surface area contributed by atoms with E-state index in [9.17, 15) is 8.42 Å². The van der Waals surface area contributed by atoms with Gasteiger partial charge in [0.05, 0.1) is 6.26 Å². The van der Waals surface area contributed by atoms with Gasteiger partial charge in [0.2, 0.25) is 10.0 Å². The average molecular weight is 394 g/mol. The Balaban J connectivity index is 1.82. The number of hydrogen-bond acceptors (Lipinski definition) is 3. The third-order valence-corrected chi connectivity index (χ3v) is 6.08. The summed E-state index contributed by atoms with van der Waals surface area (Å²) in [6.07, 6.45) is 5.14. The summed E-state index contributed by atoms with van der Waals surface area (Å²) in [5, 5.41) is 2.14. The predicted octanol–water partition coefficient (Wildman–Crippen LogP) is 4.96. The highest BCUT2D eigenvalue weighted by molar-refractivity contribution is 7.92. The second kappa shape index (κ2) is 7.20. The molecule has 5 heteroatoms. The minimum Gasteiger partial charge on any atom is -0.284 e. The first-order valence-electron chi connectivity index (χ1n) is 8.69. The highest BCUT2D eigenvalue weighted by Gasteiger charge is 2.18. The lowest BCUT2D eigenvalue weighted by atomic mass is 9.99. The zero-order valence-corrected chi connectivity index (χ0v) is 16.5. The smallest absolute Gasteiger partial charge is 0.229 e. The Morgan fingerprint density at radius 1 is 1.04 bits per heavy atom. The van der Waals surface area contributed by atoms with Crippen LogP contribution in [0.5, 0.6) is 0 Å². The molecule has 1 aliphatic rings. The van der Waals surface area contributed by atoms with Crippen LogP contribution < -0.4 is 4.72 Å². The number of rotatable bonds is 3. The topological polar surface area (TPSA) is 46.2 Å². The minimum absolute atomic E-state index is 0.552. The summed E-state index contributed by atoms with van der Waals surface area (Å²) < 4.78 is 25.4. The summed E-state index contributed by atoms with van der Waals surface area (Å²) >= 11 is 1.75. The molecule has 0 unspecified atom stereocenters. The summed E-state index contributed by atoms with van der Waals surface area (Å²) in [5.74, 6) is 0. The number of fused-ring (bicyclic) bond motifs is 2. The minimum atomic E-state index is -3.29. The lowest BCUT2D eigenvalue weighted by molar-refractivity contribution is 0.607. The van der Waals surface area contributed by atoms with Gasteiger partial charge in [-0.2, -0.15) is 0 Å². The van der Waals surface area contributed by atoms with Gasteiger partial charge in [0.15, 0.2) is 0 Å². The molecule has 1 aliphatic carbocycles. The first-order valence-corrected chi connectivity index (χ1v) is 11.5. The number of benzene rings is 2. The number of anilines is 1. The van der Waals surface area contributed by atoms with Gasteiger partial charge in [0, 0.05) is 16.1 Å². The van der Waals surface area contributed by atoms with Crippen molar-refractivity contribution in [3.63, 3.8) is 0 Å². The Morgan fingerprint density at radius 2 is 1.85 bits per heavy atom. The number of thiophene rings is 1. The van der Waals surface area contributed by atoms with E-state index in [0.29, 0.717) is 5.69 Å². The van der Waals surface area contributed by atoms with E-state index in [-0.39, 0.29) is 0 Å². The van der Waals surface area contributed by atoms with Gasteiger partial charge in [0.1, 0.15) is 0 Å². The zero-order valence-electron chi connectivity index (χ0n) is 14.9. The standard InChI is InChI=1S/C22H19NO2S2/c1-27(24,25)23-19-7-4-5-16(15-19)9-12-21-20-8-3-2-6-17(20)10-11-18-13-14-26-22(18)21/h2-9,13-15,23H,10-11H2,1H3. The second-order valence-corrected chi connectivity index (χ2v) is 9.26. The van der Waals surface area contributed by atoms with Crippen LogP contribution in [0.3, 0.4) is 0 Å². The van der Waals surface area contributed by atoms with Gasteiger partial charge in [-0.15, -0.1) is 17.1 Å². The Kier molecular flexibility index (Phi) is 4.75. The normalized spacial score (nSPS) is 13.1. The van der Waals surface area contributed by atoms with Gasteiger partial charge < -0.3 is 0 Å². The fraction of sp³-hybridized carbons (Fsp3) is 0.136. The highest BCUT2D eigenvalue weighted by atomic mass is 32.2. The van der Waals surface area contributed by atoms with Gasteiger partial charge in [-0.25, -0.2) is 8.42 Å². The molecule has 0 amide bonds. The molecule has 0 bridgehead atoms. The van der Waals surface area contributed by atoms with Crippen molar-refractivity contribution in [2.75, 3.05) is 11.0 Å². The fourth-order valence-electron chi connectivity index (χ4n) is 3.33. The van der Waals surface area contributed by atoms with E-state index in [2.05, 4.69) is 46.2 Å². The van der Waals surface area contributed by atoms with Crippen molar-refractivity contribution >= 4 is 38.7 Å². The van der Waals surface area contributed by atoms with Crippen LogP contribution in [0.2, 0.25) is 0 Å². The molecular formula is C22H19NO2S2. The van der Waals surface area contributed by atoms with Crippen LogP contribution in [0.15, 0.2) is 65.7 Å². The molecule has 0 radical (unpaired) electrons. The molecule has 1 N–H and O–H groups in total. The van der Waals surface area contributed by atoms with E-state index in [0.717, 1.165) is 30.2 Å². The first kappa shape index (κ1) is 17.8. The van der Waals surface area contributed by atoms with Gasteiger partial charge in [-0.1, -0.05) is 36.4 Å². The molecular weight excluding hydrogens is 374 g/mol. The van der Waals surface area contributed by atoms with Crippen LogP contribution in [0.25, 0.3) is 11.6 Å². The molecule has 0 saturated heterocycles. The summed E-state index contributed by atoms with van der Waals surface area (Å²) in [6.45, 7) is 0. The average Bonchev–Trinajstić information content (AvgIpc) is 3.03. The third-order valence-electron chi connectivity index (χ3n) is 4.50. The van der Waals surface area contributed by atoms with Crippen LogP contribution in [-0.4, -0.2) is 14.7 Å². The van der Waals surface area contributed by atoms with Crippen LogP contribution in [-0.2, 0) is 22.9 Å². The van der Waals surface area contributed by atoms with E-state index in [4.69, 9.17) is 0 Å². The van der Waals surface area contributed by atoms with E-state index < -0.39 is 10.0 Å². The molecule has 2 aromatic carbocycles. The third kappa shape index (κ3) is 4.06. The molecule has 27 heavy (non-hydrogen) atoms. The van der Waals surface area contributed by atoms with E-state index in [1.807, 2.05) is 24.3 Å². The van der Waals surface area contributed by atoms with Gasteiger partial charge in [-0.3, -0.25) is 4.72 Å². The molecule has 4 rings (SSSR count). The predicted molar refractivity (Wildman–Crippen MR) is 114 cm³/mol. The molecule has 0 fully saturated rings. The molecule has 0 aliphatic heterocycles. The maximum atomic E-state index is 11.5. The maximum Gasteiger partial charge on any atom is 0.229 e. The van der Waals surface area contributed by atoms with E-state index >= 15 is 0 Å². The van der Waals surface area contributed by atoms with Gasteiger partial charge in [-0.05, 0) is 64.8 Å². The van der Waals surface area contributed by atoms with Crippen LogP contribution in [0.1, 0.15) is 27.1 Å². The van der Waals surface area contributed by atoms with Crippen molar-refractivity contribution in [2.45, 2.75) is 12.8 Å². The van der Waals surface area contributed by atoms with Crippen LogP contribution >= 0.6 is 11.3 Å². The van der Waals surface area contributed by atoms with E-state index in [1.165, 1.54) is 21.6 Å². The largest absolute Gasteiger partial charge is 0.284 e. The number of sulfonamides is 1. The quantitative estimate of drug-likeness (QED) is 0.639. The Bertz CT molecular complexity index is 1170. The zero-order chi connectivity index (χ0) is 18.9. The maximum absolute atomic E-state index is 11.5. The van der Waals surface area contributed by atoms with Crippen molar-refractivity contribution in [3.8, 4) is 0 Å².